The molecule has 16 heteroatoms. The van der Waals surface area contributed by atoms with Crippen LogP contribution in [0.5, 0.6) is 0 Å². The molecule has 228 valence electrons. The quantitative estimate of drug-likeness (QED) is 0.451. The molecule has 2 N–H and O–H groups in total. The topological polar surface area (TPSA) is 139 Å². The summed E-state index contributed by atoms with van der Waals surface area (Å²) in [6.07, 6.45) is 0.251. The molecule has 0 bridgehead atoms. The molecule has 0 aliphatic carbocycles. The highest BCUT2D eigenvalue weighted by Crippen LogP contribution is 2.48. The Morgan fingerprint density at radius 3 is 1.69 bits per heavy atom. The average Bonchev–Trinajstić information content (AvgIpc) is 3.43. The minimum absolute atomic E-state index is 0.0888. The molecule has 42 heavy (non-hydrogen) atoms. The third-order valence-corrected chi connectivity index (χ3v) is 13.1. The van der Waals surface area contributed by atoms with Gasteiger partial charge < -0.3 is 20.4 Å². The number of rotatable bonds is 4. The van der Waals surface area contributed by atoms with E-state index in [-0.39, 0.29) is 28.0 Å². The minimum atomic E-state index is -3.55. The molecule has 2 aromatic carbocycles. The number of likely N-dealkylation sites (N-methyl/N-ethyl adjacent to an activating group) is 2. The van der Waals surface area contributed by atoms with Gasteiger partial charge >= 0.3 is 0 Å². The van der Waals surface area contributed by atoms with E-state index in [0.29, 0.717) is 56.2 Å². The molecule has 2 amide bonds. The van der Waals surface area contributed by atoms with Crippen LogP contribution in [0.3, 0.4) is 0 Å². The van der Waals surface area contributed by atoms with Gasteiger partial charge in [-0.25, -0.2) is 16.8 Å². The van der Waals surface area contributed by atoms with Crippen molar-refractivity contribution in [3.05, 3.63) is 47.5 Å². The summed E-state index contributed by atoms with van der Waals surface area (Å²) in [5.41, 5.74) is 2.65. The molecule has 6 rings (SSSR count). The Hall–Kier alpha value is -1.92. The molecular weight excluding hydrogens is 716 g/mol. The van der Waals surface area contributed by atoms with E-state index < -0.39 is 23.3 Å². The van der Waals surface area contributed by atoms with E-state index >= 15 is 0 Å². The maximum Gasteiger partial charge on any atom is 0.256 e. The van der Waals surface area contributed by atoms with Crippen molar-refractivity contribution in [1.29, 1.82) is 0 Å². The van der Waals surface area contributed by atoms with Crippen LogP contribution in [-0.4, -0.2) is 114 Å². The van der Waals surface area contributed by atoms with Crippen LogP contribution in [0.1, 0.15) is 11.1 Å². The van der Waals surface area contributed by atoms with Gasteiger partial charge in [-0.2, -0.15) is 8.61 Å². The van der Waals surface area contributed by atoms with Crippen LogP contribution < -0.4 is 10.6 Å². The first kappa shape index (κ1) is 31.5. The third kappa shape index (κ3) is 6.18. The highest BCUT2D eigenvalue weighted by Gasteiger charge is 2.43. The Balaban J connectivity index is 0.000000169. The second-order valence-electron chi connectivity index (χ2n) is 10.7. The zero-order valence-corrected chi connectivity index (χ0v) is 27.9. The van der Waals surface area contributed by atoms with Gasteiger partial charge in [0.25, 0.3) is 5.91 Å². The van der Waals surface area contributed by atoms with Gasteiger partial charge in [0, 0.05) is 69.3 Å². The summed E-state index contributed by atoms with van der Waals surface area (Å²) in [5, 5.41) is 5.41. The molecule has 4 aliphatic rings. The van der Waals surface area contributed by atoms with Crippen LogP contribution in [0.25, 0.3) is 0 Å². The first-order valence-corrected chi connectivity index (χ1v) is 17.8. The van der Waals surface area contributed by atoms with Crippen LogP contribution in [0.15, 0.2) is 46.2 Å². The Bertz CT molecular complexity index is 1620. The standard InChI is InChI=1S/C13H15Br2N3O3S.C13H17N3O3S/c1-17-4-6-18(7-5-17)22(20,21)9-2-3-11-10(8-9)13(14,15)12(19)16-11;1-15-4-6-16(7-5-15)20(18,19)11-2-3-12-10(8-11)9-13(17)14-12/h2-3,8H,4-7H2,1H3,(H,16,19);2-3,8H,4-7,9H2,1H3,(H,14,17). The molecule has 0 radical (unpaired) electrons. The van der Waals surface area contributed by atoms with Crippen molar-refractivity contribution in [2.24, 2.45) is 0 Å². The largest absolute Gasteiger partial charge is 0.326 e. The Morgan fingerprint density at radius 2 is 1.17 bits per heavy atom. The van der Waals surface area contributed by atoms with Crippen molar-refractivity contribution < 1.29 is 26.4 Å². The van der Waals surface area contributed by atoms with Crippen LogP contribution in [0, 0.1) is 0 Å². The summed E-state index contributed by atoms with van der Waals surface area (Å²) in [7, 11) is -3.05. The van der Waals surface area contributed by atoms with Crippen molar-refractivity contribution in [1.82, 2.24) is 18.4 Å². The molecule has 2 saturated heterocycles. The summed E-state index contributed by atoms with van der Waals surface area (Å²) in [4.78, 5) is 27.9. The molecule has 0 atom stereocenters. The van der Waals surface area contributed by atoms with Crippen molar-refractivity contribution in [3.8, 4) is 0 Å². The SMILES string of the molecule is CN1CCN(S(=O)(=O)c2ccc3c(c2)C(Br)(Br)C(=O)N3)CC1.CN1CCN(S(=O)(=O)c2ccc3c(c2)CC(=O)N3)CC1. The van der Waals surface area contributed by atoms with Gasteiger partial charge in [0.1, 0.15) is 0 Å². The number of hydrogen-bond acceptors (Lipinski definition) is 8. The number of nitrogens with one attached hydrogen (secondary N) is 2. The predicted molar refractivity (Wildman–Crippen MR) is 166 cm³/mol. The average molecular weight is 749 g/mol. The van der Waals surface area contributed by atoms with Crippen molar-refractivity contribution >= 4 is 75.1 Å². The fourth-order valence-corrected chi connectivity index (χ4v) is 8.87. The maximum absolute atomic E-state index is 12.8. The van der Waals surface area contributed by atoms with E-state index in [1.807, 2.05) is 14.1 Å². The number of hydrogen-bond donors (Lipinski definition) is 2. The number of piperazine rings is 2. The van der Waals surface area contributed by atoms with Gasteiger partial charge in [-0.15, -0.1) is 0 Å². The smallest absolute Gasteiger partial charge is 0.256 e. The fraction of sp³-hybridized carbons (Fsp3) is 0.462. The minimum Gasteiger partial charge on any atom is -0.326 e. The number of sulfonamides is 2. The van der Waals surface area contributed by atoms with E-state index in [9.17, 15) is 26.4 Å². The number of halogens is 2. The van der Waals surface area contributed by atoms with E-state index in [2.05, 4.69) is 52.3 Å². The Morgan fingerprint density at radius 1 is 0.690 bits per heavy atom. The van der Waals surface area contributed by atoms with Crippen LogP contribution >= 0.6 is 31.9 Å². The van der Waals surface area contributed by atoms with Crippen LogP contribution in [0.4, 0.5) is 11.4 Å². The molecule has 2 aromatic rings. The number of benzene rings is 2. The highest BCUT2D eigenvalue weighted by molar-refractivity contribution is 9.25. The lowest BCUT2D eigenvalue weighted by Crippen LogP contribution is -2.47. The zero-order valence-electron chi connectivity index (χ0n) is 23.1. The molecule has 0 spiro atoms. The van der Waals surface area contributed by atoms with Crippen molar-refractivity contribution in [2.75, 3.05) is 77.1 Å². The first-order chi connectivity index (χ1) is 19.7. The van der Waals surface area contributed by atoms with E-state index in [1.54, 1.807) is 30.3 Å². The van der Waals surface area contributed by atoms with Gasteiger partial charge in [0.05, 0.1) is 16.2 Å². The molecule has 4 heterocycles. The lowest BCUT2D eigenvalue weighted by molar-refractivity contribution is -0.116. The summed E-state index contributed by atoms with van der Waals surface area (Å²) in [6.45, 7) is 4.87. The molecule has 0 aromatic heterocycles. The number of alkyl halides is 2. The number of fused-ring (bicyclic) bond motifs is 2. The second kappa shape index (κ2) is 11.9. The van der Waals surface area contributed by atoms with E-state index in [0.717, 1.165) is 18.7 Å². The summed E-state index contributed by atoms with van der Waals surface area (Å²) in [6, 6.07) is 9.56. The zero-order chi connectivity index (χ0) is 30.4. The molecule has 12 nitrogen and oxygen atoms in total. The van der Waals surface area contributed by atoms with Crippen molar-refractivity contribution in [2.45, 2.75) is 19.4 Å². The highest BCUT2D eigenvalue weighted by atomic mass is 79.9. The molecule has 4 aliphatic heterocycles. The maximum atomic E-state index is 12.8. The normalized spacial score (nSPS) is 21.6. The van der Waals surface area contributed by atoms with E-state index in [1.165, 1.54) is 14.7 Å². The Labute approximate surface area is 262 Å². The lowest BCUT2D eigenvalue weighted by atomic mass is 10.2. The van der Waals surface area contributed by atoms with Crippen LogP contribution in [0.2, 0.25) is 0 Å². The number of nitrogens with zero attached hydrogens (tertiary/aromatic N) is 4. The summed E-state index contributed by atoms with van der Waals surface area (Å²) >= 11 is 6.60. The number of carbonyl (C=O) groups is 2. The first-order valence-electron chi connectivity index (χ1n) is 13.3. The second-order valence-corrected chi connectivity index (χ2v) is 18.0. The summed E-state index contributed by atoms with van der Waals surface area (Å²) in [5.74, 6) is -0.356. The van der Waals surface area contributed by atoms with Gasteiger partial charge in [0.15, 0.2) is 3.23 Å². The predicted octanol–water partition coefficient (Wildman–Crippen LogP) is 1.63. The number of amides is 2. The van der Waals surface area contributed by atoms with Crippen molar-refractivity contribution in [3.63, 3.8) is 0 Å². The molecule has 2 fully saturated rings. The van der Waals surface area contributed by atoms with Gasteiger partial charge in [0.2, 0.25) is 26.0 Å². The monoisotopic (exact) mass is 746 g/mol. The number of carbonyl (C=O) groups excluding carboxylic acids is 2. The molecule has 0 unspecified atom stereocenters. The third-order valence-electron chi connectivity index (χ3n) is 7.76. The lowest BCUT2D eigenvalue weighted by Gasteiger charge is -2.31. The van der Waals surface area contributed by atoms with Gasteiger partial charge in [-0.1, -0.05) is 31.9 Å². The molecule has 0 saturated carbocycles. The Kier molecular flexibility index (Phi) is 8.91. The summed E-state index contributed by atoms with van der Waals surface area (Å²) < 4.78 is 52.6. The number of anilines is 2. The van der Waals surface area contributed by atoms with Crippen LogP contribution in [-0.2, 0) is 39.3 Å². The van der Waals surface area contributed by atoms with E-state index in [4.69, 9.17) is 0 Å². The fourth-order valence-electron chi connectivity index (χ4n) is 5.10. The van der Waals surface area contributed by atoms with Gasteiger partial charge in [-0.3, -0.25) is 9.59 Å². The molecular formula is C26H32Br2N6O6S2. The van der Waals surface area contributed by atoms with Gasteiger partial charge in [-0.05, 0) is 56.1 Å².